The van der Waals surface area contributed by atoms with Crippen LogP contribution in [0.4, 0.5) is 5.69 Å². The van der Waals surface area contributed by atoms with Crippen LogP contribution in [0.3, 0.4) is 0 Å². The van der Waals surface area contributed by atoms with E-state index in [0.717, 1.165) is 40.5 Å². The quantitative estimate of drug-likeness (QED) is 0.728. The first kappa shape index (κ1) is 13.5. The van der Waals surface area contributed by atoms with E-state index in [1.165, 1.54) is 4.90 Å². The Morgan fingerprint density at radius 2 is 1.57 bits per heavy atom. The van der Waals surface area contributed by atoms with Crippen molar-refractivity contribution in [3.8, 4) is 0 Å². The molecule has 2 aliphatic carbocycles. The monoisotopic (exact) mass is 347 g/mol. The molecule has 2 bridgehead atoms. The zero-order valence-electron chi connectivity index (χ0n) is 12.2. The third-order valence-corrected chi connectivity index (χ3v) is 6.50. The molecule has 4 rings (SSSR count). The van der Waals surface area contributed by atoms with Crippen molar-refractivity contribution in [2.24, 2.45) is 23.7 Å². The molecule has 4 heteroatoms. The smallest absolute Gasteiger partial charge is 0.237 e. The van der Waals surface area contributed by atoms with Crippen LogP contribution in [0.15, 0.2) is 16.6 Å². The number of aryl methyl sites for hydroxylation is 2. The summed E-state index contributed by atoms with van der Waals surface area (Å²) in [7, 11) is 0. The highest BCUT2D eigenvalue weighted by Gasteiger charge is 2.61. The average molecular weight is 348 g/mol. The molecule has 21 heavy (non-hydrogen) atoms. The number of anilines is 1. The van der Waals surface area contributed by atoms with Gasteiger partial charge in [-0.3, -0.25) is 9.59 Å². The third kappa shape index (κ3) is 1.71. The highest BCUT2D eigenvalue weighted by Crippen LogP contribution is 2.56. The van der Waals surface area contributed by atoms with E-state index in [4.69, 9.17) is 0 Å². The zero-order chi connectivity index (χ0) is 14.9. The number of carbonyl (C=O) groups is 2. The predicted molar refractivity (Wildman–Crippen MR) is 83.9 cm³/mol. The fourth-order valence-corrected chi connectivity index (χ4v) is 5.11. The van der Waals surface area contributed by atoms with Crippen LogP contribution in [0, 0.1) is 37.5 Å². The highest BCUT2D eigenvalue weighted by atomic mass is 79.9. The van der Waals surface area contributed by atoms with Crippen LogP contribution < -0.4 is 4.90 Å². The SMILES string of the molecule is Cc1cc(N2C(=O)[C@@H]3[C@@H]4CC[C@@H](C4)[C@@H]3C2=O)c(C)cc1Br. The first-order chi connectivity index (χ1) is 9.99. The molecule has 1 aromatic carbocycles. The lowest BCUT2D eigenvalue weighted by molar-refractivity contribution is -0.123. The van der Waals surface area contributed by atoms with E-state index in [-0.39, 0.29) is 23.7 Å². The molecule has 3 fully saturated rings. The van der Waals surface area contributed by atoms with Gasteiger partial charge in [0, 0.05) is 4.47 Å². The largest absolute Gasteiger partial charge is 0.274 e. The Hall–Kier alpha value is -1.16. The Morgan fingerprint density at radius 1 is 1.00 bits per heavy atom. The van der Waals surface area contributed by atoms with E-state index in [1.807, 2.05) is 26.0 Å². The van der Waals surface area contributed by atoms with Gasteiger partial charge in [-0.05, 0) is 68.2 Å². The second-order valence-corrected chi connectivity index (χ2v) is 7.64. The summed E-state index contributed by atoms with van der Waals surface area (Å²) < 4.78 is 1.02. The number of fused-ring (bicyclic) bond motifs is 5. The fraction of sp³-hybridized carbons (Fsp3) is 0.529. The van der Waals surface area contributed by atoms with E-state index < -0.39 is 0 Å². The van der Waals surface area contributed by atoms with Gasteiger partial charge >= 0.3 is 0 Å². The third-order valence-electron chi connectivity index (χ3n) is 5.65. The van der Waals surface area contributed by atoms with Crippen molar-refractivity contribution in [1.82, 2.24) is 0 Å². The molecular weight excluding hydrogens is 330 g/mol. The van der Waals surface area contributed by atoms with Crippen LogP contribution in [0.2, 0.25) is 0 Å². The molecule has 0 radical (unpaired) electrons. The van der Waals surface area contributed by atoms with Gasteiger partial charge in [0.2, 0.25) is 11.8 Å². The minimum absolute atomic E-state index is 0.0420. The number of amides is 2. The molecule has 2 saturated carbocycles. The van der Waals surface area contributed by atoms with Gasteiger partial charge in [0.05, 0.1) is 17.5 Å². The molecule has 1 aromatic rings. The summed E-state index contributed by atoms with van der Waals surface area (Å²) in [5.74, 6) is 0.889. The van der Waals surface area contributed by atoms with Crippen LogP contribution in [-0.2, 0) is 9.59 Å². The standard InChI is InChI=1S/C17H18BrNO2/c1-8-6-13(9(2)5-12(8)18)19-16(20)14-10-3-4-11(7-10)15(14)17(19)21/h5-6,10-11,14-15H,3-4,7H2,1-2H3/t10-,11+,14-,15+. The lowest BCUT2D eigenvalue weighted by atomic mass is 9.81. The van der Waals surface area contributed by atoms with Gasteiger partial charge in [-0.1, -0.05) is 15.9 Å². The molecule has 110 valence electrons. The molecule has 1 heterocycles. The van der Waals surface area contributed by atoms with E-state index in [9.17, 15) is 9.59 Å². The summed E-state index contributed by atoms with van der Waals surface area (Å²) in [5, 5.41) is 0. The number of hydrogen-bond acceptors (Lipinski definition) is 2. The van der Waals surface area contributed by atoms with Gasteiger partial charge in [-0.15, -0.1) is 0 Å². The van der Waals surface area contributed by atoms with E-state index in [0.29, 0.717) is 11.8 Å². The van der Waals surface area contributed by atoms with Crippen molar-refractivity contribution in [2.45, 2.75) is 33.1 Å². The molecule has 3 nitrogen and oxygen atoms in total. The summed E-state index contributed by atoms with van der Waals surface area (Å²) in [4.78, 5) is 27.1. The highest BCUT2D eigenvalue weighted by molar-refractivity contribution is 9.10. The maximum Gasteiger partial charge on any atom is 0.237 e. The minimum Gasteiger partial charge on any atom is -0.274 e. The zero-order valence-corrected chi connectivity index (χ0v) is 13.8. The molecule has 1 saturated heterocycles. The van der Waals surface area contributed by atoms with Crippen LogP contribution in [0.25, 0.3) is 0 Å². The molecule has 0 N–H and O–H groups in total. The Kier molecular flexibility index (Phi) is 2.84. The van der Waals surface area contributed by atoms with Crippen molar-refractivity contribution in [3.63, 3.8) is 0 Å². The lowest BCUT2D eigenvalue weighted by Crippen LogP contribution is -2.33. The number of halogens is 1. The lowest BCUT2D eigenvalue weighted by Gasteiger charge is -2.20. The van der Waals surface area contributed by atoms with Gasteiger partial charge in [-0.2, -0.15) is 0 Å². The molecule has 0 unspecified atom stereocenters. The summed E-state index contributed by atoms with van der Waals surface area (Å²) in [5.41, 5.74) is 2.80. The summed E-state index contributed by atoms with van der Waals surface area (Å²) in [6, 6.07) is 3.95. The molecule has 0 spiro atoms. The Bertz CT molecular complexity index is 641. The molecule has 4 atom stereocenters. The normalized spacial score (nSPS) is 34.0. The topological polar surface area (TPSA) is 37.4 Å². The van der Waals surface area contributed by atoms with E-state index in [1.54, 1.807) is 0 Å². The van der Waals surface area contributed by atoms with E-state index in [2.05, 4.69) is 15.9 Å². The van der Waals surface area contributed by atoms with Gasteiger partial charge in [0.1, 0.15) is 0 Å². The van der Waals surface area contributed by atoms with Crippen molar-refractivity contribution in [3.05, 3.63) is 27.7 Å². The number of hydrogen-bond donors (Lipinski definition) is 0. The number of nitrogens with zero attached hydrogens (tertiary/aromatic N) is 1. The van der Waals surface area contributed by atoms with Gasteiger partial charge in [0.25, 0.3) is 0 Å². The summed E-state index contributed by atoms with van der Waals surface area (Å²) in [6.45, 7) is 3.95. The second kappa shape index (κ2) is 4.42. The molecule has 1 aliphatic heterocycles. The molecule has 0 aromatic heterocycles. The van der Waals surface area contributed by atoms with Crippen molar-refractivity contribution < 1.29 is 9.59 Å². The first-order valence-electron chi connectivity index (χ1n) is 7.63. The number of carbonyl (C=O) groups excluding carboxylic acids is 2. The fourth-order valence-electron chi connectivity index (χ4n) is 4.65. The van der Waals surface area contributed by atoms with Crippen LogP contribution in [0.5, 0.6) is 0 Å². The second-order valence-electron chi connectivity index (χ2n) is 6.78. The number of rotatable bonds is 1. The Labute approximate surface area is 132 Å². The number of imide groups is 1. The maximum absolute atomic E-state index is 12.8. The Morgan fingerprint density at radius 3 is 2.14 bits per heavy atom. The van der Waals surface area contributed by atoms with Gasteiger partial charge in [-0.25, -0.2) is 4.90 Å². The molecule has 2 amide bonds. The Balaban J connectivity index is 1.79. The van der Waals surface area contributed by atoms with Crippen molar-refractivity contribution >= 4 is 33.4 Å². The predicted octanol–water partition coefficient (Wildman–Crippen LogP) is 3.60. The molecular formula is C17H18BrNO2. The summed E-state index contributed by atoms with van der Waals surface area (Å²) >= 11 is 3.51. The van der Waals surface area contributed by atoms with Gasteiger partial charge < -0.3 is 0 Å². The average Bonchev–Trinajstić information content (AvgIpc) is 3.09. The number of benzene rings is 1. The van der Waals surface area contributed by atoms with E-state index >= 15 is 0 Å². The molecule has 3 aliphatic rings. The van der Waals surface area contributed by atoms with Gasteiger partial charge in [0.15, 0.2) is 0 Å². The van der Waals surface area contributed by atoms with Crippen LogP contribution in [-0.4, -0.2) is 11.8 Å². The van der Waals surface area contributed by atoms with Crippen LogP contribution >= 0.6 is 15.9 Å². The minimum atomic E-state index is -0.0420. The first-order valence-corrected chi connectivity index (χ1v) is 8.43. The van der Waals surface area contributed by atoms with Crippen molar-refractivity contribution in [2.75, 3.05) is 4.90 Å². The summed E-state index contributed by atoms with van der Waals surface area (Å²) in [6.07, 6.45) is 3.33. The van der Waals surface area contributed by atoms with Crippen molar-refractivity contribution in [1.29, 1.82) is 0 Å². The van der Waals surface area contributed by atoms with Crippen LogP contribution in [0.1, 0.15) is 30.4 Å². The maximum atomic E-state index is 12.8.